The summed E-state index contributed by atoms with van der Waals surface area (Å²) < 4.78 is 5.61. The van der Waals surface area contributed by atoms with Gasteiger partial charge in [-0.2, -0.15) is 0 Å². The molecule has 0 aromatic heterocycles. The van der Waals surface area contributed by atoms with Crippen molar-refractivity contribution in [3.63, 3.8) is 0 Å². The molecule has 2 aliphatic rings. The molecule has 1 atom stereocenters. The molecule has 0 fully saturated rings. The maximum atomic E-state index is 12.5. The summed E-state index contributed by atoms with van der Waals surface area (Å²) in [6, 6.07) is 0. The zero-order valence-corrected chi connectivity index (χ0v) is 12.4. The first-order chi connectivity index (χ1) is 9.95. The van der Waals surface area contributed by atoms with E-state index >= 15 is 0 Å². The van der Waals surface area contributed by atoms with Gasteiger partial charge in [-0.05, 0) is 37.0 Å². The first-order valence-electron chi connectivity index (χ1n) is 7.23. The van der Waals surface area contributed by atoms with Gasteiger partial charge in [-0.1, -0.05) is 13.0 Å². The molecule has 1 aliphatic heterocycles. The second kappa shape index (κ2) is 4.72. The Morgan fingerprint density at radius 3 is 2.67 bits per heavy atom. The average Bonchev–Trinajstić information content (AvgIpc) is 3.00. The van der Waals surface area contributed by atoms with Gasteiger partial charge >= 0.3 is 5.97 Å². The van der Waals surface area contributed by atoms with Crippen LogP contribution in [-0.2, 0) is 17.6 Å². The second-order valence-electron chi connectivity index (χ2n) is 5.70. The highest BCUT2D eigenvalue weighted by molar-refractivity contribution is 6.14. The summed E-state index contributed by atoms with van der Waals surface area (Å²) in [5.74, 6) is -0.191. The van der Waals surface area contributed by atoms with Gasteiger partial charge in [0.1, 0.15) is 5.75 Å². The highest BCUT2D eigenvalue weighted by atomic mass is 16.5. The topological polar surface area (TPSA) is 63.6 Å². The molecule has 1 aromatic rings. The number of hydrogen-bond acceptors (Lipinski definition) is 3. The van der Waals surface area contributed by atoms with Gasteiger partial charge in [0.05, 0.1) is 0 Å². The molecular weight excluding hydrogens is 268 g/mol. The third kappa shape index (κ3) is 1.89. The molecule has 1 aliphatic carbocycles. The van der Waals surface area contributed by atoms with Gasteiger partial charge in [0, 0.05) is 29.5 Å². The van der Waals surface area contributed by atoms with Crippen LogP contribution in [0, 0.1) is 13.8 Å². The number of fused-ring (bicyclic) bond motifs is 3. The number of ether oxygens (including phenoxy) is 1. The number of ketones is 1. The molecule has 1 aromatic carbocycles. The van der Waals surface area contributed by atoms with Gasteiger partial charge in [-0.3, -0.25) is 4.79 Å². The van der Waals surface area contributed by atoms with Crippen LogP contribution in [0.25, 0.3) is 0 Å². The predicted octanol–water partition coefficient (Wildman–Crippen LogP) is 2.77. The lowest BCUT2D eigenvalue weighted by molar-refractivity contribution is -0.144. The predicted molar refractivity (Wildman–Crippen MR) is 78.1 cm³/mol. The van der Waals surface area contributed by atoms with Crippen molar-refractivity contribution in [2.24, 2.45) is 0 Å². The molecule has 4 nitrogen and oxygen atoms in total. The van der Waals surface area contributed by atoms with Crippen molar-refractivity contribution >= 4 is 11.8 Å². The Hall–Kier alpha value is -2.10. The normalized spacial score (nSPS) is 21.4. The Labute approximate surface area is 123 Å². The highest BCUT2D eigenvalue weighted by Gasteiger charge is 2.38. The molecule has 0 radical (unpaired) electrons. The van der Waals surface area contributed by atoms with Crippen LogP contribution in [0.15, 0.2) is 11.6 Å². The van der Waals surface area contributed by atoms with Gasteiger partial charge in [-0.15, -0.1) is 0 Å². The van der Waals surface area contributed by atoms with Crippen LogP contribution in [0.1, 0.15) is 46.0 Å². The van der Waals surface area contributed by atoms with Gasteiger partial charge < -0.3 is 9.84 Å². The Balaban J connectivity index is 2.18. The highest BCUT2D eigenvalue weighted by Crippen LogP contribution is 2.43. The van der Waals surface area contributed by atoms with Gasteiger partial charge in [0.15, 0.2) is 11.9 Å². The summed E-state index contributed by atoms with van der Waals surface area (Å²) >= 11 is 0. The number of carboxylic acids is 1. The van der Waals surface area contributed by atoms with Crippen LogP contribution in [0.4, 0.5) is 0 Å². The summed E-state index contributed by atoms with van der Waals surface area (Å²) in [4.78, 5) is 23.7. The molecule has 0 saturated carbocycles. The van der Waals surface area contributed by atoms with E-state index in [9.17, 15) is 14.7 Å². The molecule has 0 bridgehead atoms. The van der Waals surface area contributed by atoms with E-state index in [1.807, 2.05) is 26.8 Å². The third-order valence-corrected chi connectivity index (χ3v) is 4.48. The number of rotatable bonds is 2. The molecule has 3 rings (SSSR count). The monoisotopic (exact) mass is 286 g/mol. The van der Waals surface area contributed by atoms with E-state index < -0.39 is 12.1 Å². The average molecular weight is 286 g/mol. The van der Waals surface area contributed by atoms with E-state index in [1.54, 1.807) is 0 Å². The molecule has 1 unspecified atom stereocenters. The lowest BCUT2D eigenvalue weighted by Crippen LogP contribution is -2.24. The van der Waals surface area contributed by atoms with Crippen molar-refractivity contribution in [2.75, 3.05) is 0 Å². The number of hydrogen-bond donors (Lipinski definition) is 1. The van der Waals surface area contributed by atoms with Crippen molar-refractivity contribution in [3.05, 3.63) is 39.5 Å². The van der Waals surface area contributed by atoms with Crippen LogP contribution in [0.2, 0.25) is 0 Å². The summed E-state index contributed by atoms with van der Waals surface area (Å²) in [6.45, 7) is 5.82. The largest absolute Gasteiger partial charge is 0.478 e. The Bertz CT molecular complexity index is 697. The molecular formula is C17H18O4. The van der Waals surface area contributed by atoms with Crippen molar-refractivity contribution in [3.8, 4) is 5.75 Å². The number of carbonyl (C=O) groups excluding carboxylic acids is 1. The zero-order chi connectivity index (χ0) is 15.3. The molecule has 1 N–H and O–H groups in total. The third-order valence-electron chi connectivity index (χ3n) is 4.48. The maximum absolute atomic E-state index is 12.5. The number of carbonyl (C=O) groups is 2. The van der Waals surface area contributed by atoms with Gasteiger partial charge in [0.25, 0.3) is 0 Å². The molecule has 4 heteroatoms. The van der Waals surface area contributed by atoms with Crippen LogP contribution in [0.5, 0.6) is 5.75 Å². The van der Waals surface area contributed by atoms with E-state index in [1.165, 1.54) is 0 Å². The summed E-state index contributed by atoms with van der Waals surface area (Å²) in [6.07, 6.45) is 2.90. The van der Waals surface area contributed by atoms with Crippen LogP contribution < -0.4 is 4.74 Å². The Morgan fingerprint density at radius 1 is 1.33 bits per heavy atom. The molecule has 1 heterocycles. The molecule has 0 saturated heterocycles. The number of benzene rings is 1. The first kappa shape index (κ1) is 13.9. The fourth-order valence-electron chi connectivity index (χ4n) is 3.33. The minimum absolute atomic E-state index is 0.0917. The molecule has 0 spiro atoms. The number of carboxylic acid groups (broad SMARTS) is 1. The minimum Gasteiger partial charge on any atom is -0.478 e. The fourth-order valence-corrected chi connectivity index (χ4v) is 3.33. The van der Waals surface area contributed by atoms with Crippen LogP contribution in [-0.4, -0.2) is 23.0 Å². The summed E-state index contributed by atoms with van der Waals surface area (Å²) in [5.41, 5.74) is 5.27. The van der Waals surface area contributed by atoms with E-state index in [2.05, 4.69) is 0 Å². The van der Waals surface area contributed by atoms with E-state index in [0.717, 1.165) is 39.8 Å². The zero-order valence-electron chi connectivity index (χ0n) is 12.4. The number of aliphatic carboxylic acids is 1. The number of Topliss-reactive ketones (excluding diaryl/α,β-unsaturated/α-hetero) is 1. The molecule has 0 amide bonds. The van der Waals surface area contributed by atoms with Crippen molar-refractivity contribution in [1.82, 2.24) is 0 Å². The Morgan fingerprint density at radius 2 is 2.05 bits per heavy atom. The summed E-state index contributed by atoms with van der Waals surface area (Å²) in [7, 11) is 0. The lowest BCUT2D eigenvalue weighted by atomic mass is 9.92. The van der Waals surface area contributed by atoms with Crippen molar-refractivity contribution in [2.45, 2.75) is 46.1 Å². The minimum atomic E-state index is -0.953. The molecule has 110 valence electrons. The molecule has 21 heavy (non-hydrogen) atoms. The van der Waals surface area contributed by atoms with Crippen LogP contribution >= 0.6 is 0 Å². The fraction of sp³-hybridized carbons (Fsp3) is 0.412. The standard InChI is InChI=1S/C17H18O4/c1-4-5-10-6-11-12-7-13(17(19)20)21-16(12)9(3)8(2)14(11)15(10)18/h5,13H,4,6-7H2,1-3H3,(H,19,20)/b10-5+. The summed E-state index contributed by atoms with van der Waals surface area (Å²) in [5, 5.41) is 9.18. The van der Waals surface area contributed by atoms with Crippen LogP contribution in [0.3, 0.4) is 0 Å². The van der Waals surface area contributed by atoms with Crippen molar-refractivity contribution < 1.29 is 19.4 Å². The van der Waals surface area contributed by atoms with Gasteiger partial charge in [-0.25, -0.2) is 4.79 Å². The lowest BCUT2D eigenvalue weighted by Gasteiger charge is -2.12. The van der Waals surface area contributed by atoms with E-state index in [-0.39, 0.29) is 5.78 Å². The smallest absolute Gasteiger partial charge is 0.345 e. The van der Waals surface area contributed by atoms with Crippen molar-refractivity contribution in [1.29, 1.82) is 0 Å². The van der Waals surface area contributed by atoms with Gasteiger partial charge in [0.2, 0.25) is 0 Å². The second-order valence-corrected chi connectivity index (χ2v) is 5.70. The van der Waals surface area contributed by atoms with E-state index in [4.69, 9.17) is 4.74 Å². The van der Waals surface area contributed by atoms with E-state index in [0.29, 0.717) is 18.6 Å². The SMILES string of the molecule is CC/C=C1\Cc2c3c(c(C)c(C)c2C1=O)OC(C(=O)O)C3. The number of allylic oxidation sites excluding steroid dienone is 2. The Kier molecular flexibility index (Phi) is 3.12. The quantitative estimate of drug-likeness (QED) is 0.849. The maximum Gasteiger partial charge on any atom is 0.345 e. The first-order valence-corrected chi connectivity index (χ1v) is 7.23.